The third-order valence-electron chi connectivity index (χ3n) is 7.29. The molecular formula is C23H29N3O2. The Morgan fingerprint density at radius 1 is 1.32 bits per heavy atom. The highest BCUT2D eigenvalue weighted by Gasteiger charge is 2.62. The smallest absolute Gasteiger partial charge is 0.254 e. The molecule has 2 aromatic rings. The predicted molar refractivity (Wildman–Crippen MR) is 108 cm³/mol. The average Bonchev–Trinajstić information content (AvgIpc) is 2.98. The summed E-state index contributed by atoms with van der Waals surface area (Å²) >= 11 is 0. The Morgan fingerprint density at radius 3 is 2.79 bits per heavy atom. The highest BCUT2D eigenvalue weighted by molar-refractivity contribution is 5.99. The van der Waals surface area contributed by atoms with E-state index < -0.39 is 0 Å². The zero-order valence-corrected chi connectivity index (χ0v) is 17.2. The SMILES string of the molecule is CC(C)[C@]1(N2Cc3cc(-c4n[nH]c5c4CC(C)(C)C5)ccc3C2=O)C[C@H]1CO. The van der Waals surface area contributed by atoms with Crippen molar-refractivity contribution in [3.63, 3.8) is 0 Å². The number of benzene rings is 1. The average molecular weight is 380 g/mol. The standard InChI is InChI=1S/C23H29N3O2/c1-13(2)23(8-16(23)12-27)26-11-15-7-14(5-6-17(15)21(26)28)20-18-9-22(3,4)10-19(18)24-25-20/h5-7,13,16,27H,8-12H2,1-4H3,(H,24,25)/t16-,23+/m0/s1. The number of rotatable bonds is 4. The number of hydrogen-bond donors (Lipinski definition) is 2. The lowest BCUT2D eigenvalue weighted by atomic mass is 9.90. The van der Waals surface area contributed by atoms with Gasteiger partial charge in [0, 0.05) is 41.5 Å². The Morgan fingerprint density at radius 2 is 2.11 bits per heavy atom. The van der Waals surface area contributed by atoms with Crippen LogP contribution in [-0.4, -0.2) is 38.3 Å². The van der Waals surface area contributed by atoms with Crippen molar-refractivity contribution in [3.8, 4) is 11.3 Å². The van der Waals surface area contributed by atoms with Crippen LogP contribution in [0.15, 0.2) is 18.2 Å². The highest BCUT2D eigenvalue weighted by atomic mass is 16.3. The first-order valence-corrected chi connectivity index (χ1v) is 10.4. The molecule has 2 heterocycles. The molecule has 148 valence electrons. The van der Waals surface area contributed by atoms with Gasteiger partial charge in [0.15, 0.2) is 0 Å². The number of carbonyl (C=O) groups is 1. The Hall–Kier alpha value is -2.14. The van der Waals surface area contributed by atoms with Crippen molar-refractivity contribution in [2.45, 2.75) is 59.0 Å². The number of aromatic amines is 1. The molecule has 1 aliphatic heterocycles. The molecule has 2 atom stereocenters. The second kappa shape index (κ2) is 5.69. The molecule has 5 rings (SSSR count). The van der Waals surface area contributed by atoms with E-state index in [0.717, 1.165) is 41.6 Å². The summed E-state index contributed by atoms with van der Waals surface area (Å²) in [4.78, 5) is 15.2. The van der Waals surface area contributed by atoms with Crippen molar-refractivity contribution in [1.29, 1.82) is 0 Å². The minimum absolute atomic E-state index is 0.111. The van der Waals surface area contributed by atoms with Gasteiger partial charge in [0.2, 0.25) is 0 Å². The van der Waals surface area contributed by atoms with E-state index in [4.69, 9.17) is 0 Å². The number of carbonyl (C=O) groups excluding carboxylic acids is 1. The molecule has 1 saturated carbocycles. The number of fused-ring (bicyclic) bond motifs is 2. The lowest BCUT2D eigenvalue weighted by Crippen LogP contribution is -2.43. The fourth-order valence-corrected chi connectivity index (χ4v) is 5.71. The number of aliphatic hydroxyl groups is 1. The van der Waals surface area contributed by atoms with Gasteiger partial charge in [-0.15, -0.1) is 0 Å². The molecule has 1 amide bonds. The summed E-state index contributed by atoms with van der Waals surface area (Å²) in [5.41, 5.74) is 6.68. The van der Waals surface area contributed by atoms with E-state index in [1.807, 2.05) is 17.0 Å². The largest absolute Gasteiger partial charge is 0.396 e. The van der Waals surface area contributed by atoms with Gasteiger partial charge in [-0.1, -0.05) is 33.8 Å². The van der Waals surface area contributed by atoms with Crippen LogP contribution in [0.5, 0.6) is 0 Å². The molecule has 1 aromatic heterocycles. The number of nitrogens with one attached hydrogen (secondary N) is 1. The molecule has 28 heavy (non-hydrogen) atoms. The molecule has 0 saturated heterocycles. The molecule has 1 aromatic carbocycles. The van der Waals surface area contributed by atoms with Gasteiger partial charge in [0.25, 0.3) is 5.91 Å². The first kappa shape index (κ1) is 17.9. The summed E-state index contributed by atoms with van der Waals surface area (Å²) in [6.45, 7) is 9.69. The summed E-state index contributed by atoms with van der Waals surface area (Å²) in [6, 6.07) is 6.17. The Bertz CT molecular complexity index is 974. The van der Waals surface area contributed by atoms with E-state index in [0.29, 0.717) is 12.5 Å². The first-order valence-electron chi connectivity index (χ1n) is 10.4. The van der Waals surface area contributed by atoms with Crippen molar-refractivity contribution < 1.29 is 9.90 Å². The maximum atomic E-state index is 13.1. The number of H-pyrrole nitrogens is 1. The van der Waals surface area contributed by atoms with Crippen LogP contribution in [0.25, 0.3) is 11.3 Å². The Labute approximate surface area is 166 Å². The lowest BCUT2D eigenvalue weighted by Gasteiger charge is -2.32. The fraction of sp³-hybridized carbons (Fsp3) is 0.565. The number of amides is 1. The fourth-order valence-electron chi connectivity index (χ4n) is 5.71. The zero-order valence-electron chi connectivity index (χ0n) is 17.2. The molecule has 0 unspecified atom stereocenters. The third-order valence-corrected chi connectivity index (χ3v) is 7.29. The van der Waals surface area contributed by atoms with E-state index in [9.17, 15) is 9.90 Å². The van der Waals surface area contributed by atoms with Crippen LogP contribution in [0.1, 0.15) is 61.3 Å². The minimum Gasteiger partial charge on any atom is -0.396 e. The lowest BCUT2D eigenvalue weighted by molar-refractivity contribution is 0.0553. The molecule has 0 spiro atoms. The van der Waals surface area contributed by atoms with Crippen LogP contribution in [-0.2, 0) is 19.4 Å². The normalized spacial score (nSPS) is 27.4. The van der Waals surface area contributed by atoms with E-state index in [1.54, 1.807) is 0 Å². The van der Waals surface area contributed by atoms with Crippen LogP contribution < -0.4 is 0 Å². The van der Waals surface area contributed by atoms with Gasteiger partial charge >= 0.3 is 0 Å². The molecule has 0 bridgehead atoms. The number of hydrogen-bond acceptors (Lipinski definition) is 3. The van der Waals surface area contributed by atoms with E-state index in [2.05, 4.69) is 44.0 Å². The summed E-state index contributed by atoms with van der Waals surface area (Å²) in [5.74, 6) is 0.640. The van der Waals surface area contributed by atoms with Crippen LogP contribution >= 0.6 is 0 Å². The van der Waals surface area contributed by atoms with E-state index in [-0.39, 0.29) is 29.4 Å². The molecule has 2 aliphatic carbocycles. The predicted octanol–water partition coefficient (Wildman–Crippen LogP) is 3.56. The summed E-state index contributed by atoms with van der Waals surface area (Å²) in [5, 5.41) is 17.5. The number of nitrogens with zero attached hydrogens (tertiary/aromatic N) is 2. The van der Waals surface area contributed by atoms with E-state index in [1.165, 1.54) is 11.3 Å². The van der Waals surface area contributed by atoms with Crippen molar-refractivity contribution >= 4 is 5.91 Å². The molecule has 0 radical (unpaired) electrons. The quantitative estimate of drug-likeness (QED) is 0.853. The van der Waals surface area contributed by atoms with Crippen LogP contribution in [0.2, 0.25) is 0 Å². The van der Waals surface area contributed by atoms with Crippen molar-refractivity contribution in [3.05, 3.63) is 40.6 Å². The molecule has 2 N–H and O–H groups in total. The first-order chi connectivity index (χ1) is 13.3. The summed E-state index contributed by atoms with van der Waals surface area (Å²) in [6.07, 6.45) is 2.96. The minimum atomic E-state index is -0.192. The van der Waals surface area contributed by atoms with Gasteiger partial charge in [0.1, 0.15) is 0 Å². The Kier molecular flexibility index (Phi) is 3.64. The van der Waals surface area contributed by atoms with Gasteiger partial charge in [0.05, 0.1) is 11.2 Å². The van der Waals surface area contributed by atoms with Gasteiger partial charge < -0.3 is 10.0 Å². The highest BCUT2D eigenvalue weighted by Crippen LogP contribution is 2.55. The topological polar surface area (TPSA) is 69.2 Å². The molecular weight excluding hydrogens is 350 g/mol. The van der Waals surface area contributed by atoms with Gasteiger partial charge in [-0.25, -0.2) is 0 Å². The van der Waals surface area contributed by atoms with Crippen LogP contribution in [0, 0.1) is 17.3 Å². The maximum absolute atomic E-state index is 13.1. The second-order valence-electron chi connectivity index (χ2n) is 10.0. The number of aliphatic hydroxyl groups excluding tert-OH is 1. The zero-order chi connectivity index (χ0) is 19.8. The maximum Gasteiger partial charge on any atom is 0.254 e. The van der Waals surface area contributed by atoms with Gasteiger partial charge in [-0.3, -0.25) is 9.89 Å². The van der Waals surface area contributed by atoms with E-state index >= 15 is 0 Å². The number of aromatic nitrogens is 2. The Balaban J connectivity index is 1.48. The monoisotopic (exact) mass is 379 g/mol. The van der Waals surface area contributed by atoms with Crippen molar-refractivity contribution in [1.82, 2.24) is 15.1 Å². The van der Waals surface area contributed by atoms with Crippen molar-refractivity contribution in [2.24, 2.45) is 17.3 Å². The molecule has 1 fully saturated rings. The van der Waals surface area contributed by atoms with Gasteiger partial charge in [-0.2, -0.15) is 5.10 Å². The van der Waals surface area contributed by atoms with Crippen LogP contribution in [0.4, 0.5) is 0 Å². The summed E-state index contributed by atoms with van der Waals surface area (Å²) < 4.78 is 0. The third kappa shape index (κ3) is 2.35. The molecule has 5 nitrogen and oxygen atoms in total. The van der Waals surface area contributed by atoms with Gasteiger partial charge in [-0.05, 0) is 48.3 Å². The molecule has 3 aliphatic rings. The van der Waals surface area contributed by atoms with Crippen molar-refractivity contribution in [2.75, 3.05) is 6.61 Å². The second-order valence-corrected chi connectivity index (χ2v) is 10.0. The molecule has 5 heteroatoms. The van der Waals surface area contributed by atoms with Crippen LogP contribution in [0.3, 0.4) is 0 Å². The summed E-state index contributed by atoms with van der Waals surface area (Å²) in [7, 11) is 0.